The Morgan fingerprint density at radius 3 is 1.92 bits per heavy atom. The number of aliphatic carboxylic acids is 2. The summed E-state index contributed by atoms with van der Waals surface area (Å²) in [7, 11) is 1.17. The van der Waals surface area contributed by atoms with Gasteiger partial charge in [0, 0.05) is 31.8 Å². The zero-order chi connectivity index (χ0) is 37.1. The van der Waals surface area contributed by atoms with Crippen LogP contribution in [-0.2, 0) is 38.2 Å². The molecular weight excluding hydrogens is 643 g/mol. The van der Waals surface area contributed by atoms with Gasteiger partial charge in [0.05, 0.1) is 36.4 Å². The number of carboxylic acid groups (broad SMARTS) is 2. The molecule has 2 unspecified atom stereocenters. The van der Waals surface area contributed by atoms with Crippen LogP contribution in [0.25, 0.3) is 0 Å². The highest BCUT2D eigenvalue weighted by Gasteiger charge is 2.28. The molecule has 0 rings (SSSR count). The summed E-state index contributed by atoms with van der Waals surface area (Å²) in [4.78, 5) is 71.8. The minimum Gasteiger partial charge on any atom is -0.481 e. The summed E-state index contributed by atoms with van der Waals surface area (Å²) < 4.78 is 12.0. The second kappa shape index (κ2) is 22.9. The van der Waals surface area contributed by atoms with Gasteiger partial charge in [-0.3, -0.25) is 24.0 Å². The van der Waals surface area contributed by atoms with E-state index in [0.29, 0.717) is 19.4 Å². The summed E-state index contributed by atoms with van der Waals surface area (Å²) in [6, 6.07) is -1.41. The number of hydrogen-bond acceptors (Lipinski definition) is 9. The lowest BCUT2D eigenvalue weighted by Gasteiger charge is -2.32. The standard InChI is InChI=1S/C33H61N4O10P/c1-22(20-23(2)29(41)42)28(40)37-24(30(43)44)13-14-26(38)36-18-19-46-33(5,6)21-47-32(3,4)16-15-27(39)35-17-11-10-12-25(34-7)31(45)48(8)9/h22-25,34H,10-21H2,1-9H3,(H,35,39)(H,36,38)(H,37,40)(H,41,42)(H,43,44)/t22?,23?,24-,25-/m0/s1. The molecule has 0 aromatic rings. The lowest BCUT2D eigenvalue weighted by molar-refractivity contribution is -0.144. The zero-order valence-electron chi connectivity index (χ0n) is 30.4. The molecule has 0 saturated carbocycles. The monoisotopic (exact) mass is 704 g/mol. The van der Waals surface area contributed by atoms with Crippen molar-refractivity contribution >= 4 is 43.1 Å². The molecule has 6 N–H and O–H groups in total. The molecule has 48 heavy (non-hydrogen) atoms. The van der Waals surface area contributed by atoms with E-state index < -0.39 is 60.8 Å². The molecule has 3 amide bonds. The molecule has 0 aromatic heterocycles. The number of carbonyl (C=O) groups excluding carboxylic acids is 4. The molecule has 278 valence electrons. The Bertz CT molecular complexity index is 1050. The summed E-state index contributed by atoms with van der Waals surface area (Å²) in [6.45, 7) is 15.6. The highest BCUT2D eigenvalue weighted by Crippen LogP contribution is 2.28. The van der Waals surface area contributed by atoms with Crippen molar-refractivity contribution in [2.75, 3.05) is 46.7 Å². The first-order chi connectivity index (χ1) is 22.2. The van der Waals surface area contributed by atoms with Gasteiger partial charge in [-0.25, -0.2) is 4.79 Å². The van der Waals surface area contributed by atoms with Crippen molar-refractivity contribution in [1.29, 1.82) is 0 Å². The quantitative estimate of drug-likeness (QED) is 0.0541. The molecular formula is C33H61N4O10P. The van der Waals surface area contributed by atoms with E-state index in [1.54, 1.807) is 7.05 Å². The predicted octanol–water partition coefficient (Wildman–Crippen LogP) is 2.71. The van der Waals surface area contributed by atoms with E-state index in [4.69, 9.17) is 14.6 Å². The average molecular weight is 705 g/mol. The fraction of sp³-hybridized carbons (Fsp3) is 0.818. The smallest absolute Gasteiger partial charge is 0.326 e. The number of carboxylic acids is 2. The van der Waals surface area contributed by atoms with E-state index in [1.165, 1.54) is 13.8 Å². The molecule has 0 radical (unpaired) electrons. The van der Waals surface area contributed by atoms with Crippen LogP contribution in [0.2, 0.25) is 0 Å². The molecule has 0 spiro atoms. The maximum Gasteiger partial charge on any atom is 0.326 e. The summed E-state index contributed by atoms with van der Waals surface area (Å²) in [5.74, 6) is -4.81. The van der Waals surface area contributed by atoms with Crippen LogP contribution in [0.1, 0.15) is 92.9 Å². The number of amides is 3. The summed E-state index contributed by atoms with van der Waals surface area (Å²) >= 11 is 0. The van der Waals surface area contributed by atoms with Gasteiger partial charge in [0.25, 0.3) is 0 Å². The maximum absolute atomic E-state index is 12.4. The van der Waals surface area contributed by atoms with Crippen LogP contribution in [0.5, 0.6) is 0 Å². The van der Waals surface area contributed by atoms with Crippen molar-refractivity contribution in [1.82, 2.24) is 21.3 Å². The molecule has 0 heterocycles. The van der Waals surface area contributed by atoms with Crippen molar-refractivity contribution in [3.8, 4) is 0 Å². The number of unbranched alkanes of at least 4 members (excludes halogenated alkanes) is 1. The maximum atomic E-state index is 12.4. The van der Waals surface area contributed by atoms with Crippen LogP contribution in [0.15, 0.2) is 0 Å². The lowest BCUT2D eigenvalue weighted by atomic mass is 9.96. The summed E-state index contributed by atoms with van der Waals surface area (Å²) in [6.07, 6.45) is 3.01. The van der Waals surface area contributed by atoms with Crippen LogP contribution in [0, 0.1) is 11.8 Å². The SMILES string of the molecule is CN[C@@H](CCCCNC(=O)CCC(C)(C)OCC(C)(C)OCCNC(=O)CC[C@H](NC(=O)C(C)CC(C)C(=O)O)C(=O)O)C(=O)P(C)C. The van der Waals surface area contributed by atoms with E-state index in [9.17, 15) is 33.9 Å². The summed E-state index contributed by atoms with van der Waals surface area (Å²) in [5.41, 5.74) is -0.990. The second-order valence-electron chi connectivity index (χ2n) is 13.7. The van der Waals surface area contributed by atoms with Crippen LogP contribution in [0.3, 0.4) is 0 Å². The van der Waals surface area contributed by atoms with E-state index >= 15 is 0 Å². The molecule has 0 aromatic carbocycles. The Labute approximate surface area is 287 Å². The van der Waals surface area contributed by atoms with Crippen molar-refractivity contribution in [3.63, 3.8) is 0 Å². The molecule has 14 nitrogen and oxygen atoms in total. The molecule has 0 saturated heterocycles. The van der Waals surface area contributed by atoms with Crippen LogP contribution in [-0.4, -0.2) is 115 Å². The predicted molar refractivity (Wildman–Crippen MR) is 185 cm³/mol. The van der Waals surface area contributed by atoms with Gasteiger partial charge in [-0.05, 0) is 94.5 Å². The number of hydrogen-bond donors (Lipinski definition) is 6. The molecule has 0 aliphatic rings. The molecule has 0 aliphatic heterocycles. The normalized spacial score (nSPS) is 14.5. The second-order valence-corrected chi connectivity index (χ2v) is 16.0. The van der Waals surface area contributed by atoms with Crippen molar-refractivity contribution < 1.29 is 48.5 Å². The fourth-order valence-electron chi connectivity index (χ4n) is 4.58. The molecule has 4 atom stereocenters. The van der Waals surface area contributed by atoms with Crippen molar-refractivity contribution in [3.05, 3.63) is 0 Å². The number of ether oxygens (including phenoxy) is 2. The number of carbonyl (C=O) groups is 6. The first-order valence-electron chi connectivity index (χ1n) is 16.7. The van der Waals surface area contributed by atoms with Crippen molar-refractivity contribution in [2.24, 2.45) is 11.8 Å². The van der Waals surface area contributed by atoms with Gasteiger partial charge in [0.15, 0.2) is 5.52 Å². The molecule has 15 heteroatoms. The van der Waals surface area contributed by atoms with Gasteiger partial charge in [0.2, 0.25) is 17.7 Å². The van der Waals surface area contributed by atoms with E-state index in [0.717, 1.165) is 19.3 Å². The van der Waals surface area contributed by atoms with Gasteiger partial charge < -0.3 is 41.0 Å². The molecule has 0 aliphatic carbocycles. The average Bonchev–Trinajstić information content (AvgIpc) is 3.00. The molecule has 0 bridgehead atoms. The first kappa shape index (κ1) is 45.3. The number of rotatable bonds is 27. The number of likely N-dealkylation sites (N-methyl/N-ethyl adjacent to an activating group) is 1. The van der Waals surface area contributed by atoms with E-state index in [2.05, 4.69) is 21.3 Å². The highest BCUT2D eigenvalue weighted by atomic mass is 31.1. The highest BCUT2D eigenvalue weighted by molar-refractivity contribution is 7.73. The summed E-state index contributed by atoms with van der Waals surface area (Å²) in [5, 5.41) is 29.6. The Kier molecular flexibility index (Phi) is 21.6. The van der Waals surface area contributed by atoms with Gasteiger partial charge in [-0.15, -0.1) is 0 Å². The Balaban J connectivity index is 4.36. The first-order valence-corrected chi connectivity index (χ1v) is 18.9. The van der Waals surface area contributed by atoms with E-state index in [1.807, 2.05) is 41.0 Å². The Hall–Kier alpha value is -2.67. The lowest BCUT2D eigenvalue weighted by Crippen LogP contribution is -2.44. The van der Waals surface area contributed by atoms with E-state index in [-0.39, 0.29) is 56.5 Å². The molecule has 0 fully saturated rings. The largest absolute Gasteiger partial charge is 0.481 e. The van der Waals surface area contributed by atoms with Crippen LogP contribution >= 0.6 is 7.92 Å². The third kappa shape index (κ3) is 20.6. The minimum absolute atomic E-state index is 0.0539. The number of nitrogens with one attached hydrogen (secondary N) is 4. The Morgan fingerprint density at radius 1 is 0.750 bits per heavy atom. The zero-order valence-corrected chi connectivity index (χ0v) is 31.3. The fourth-order valence-corrected chi connectivity index (χ4v) is 5.46. The van der Waals surface area contributed by atoms with Crippen LogP contribution in [0.4, 0.5) is 0 Å². The minimum atomic E-state index is -1.28. The Morgan fingerprint density at radius 2 is 1.35 bits per heavy atom. The van der Waals surface area contributed by atoms with Gasteiger partial charge in [-0.2, -0.15) is 0 Å². The van der Waals surface area contributed by atoms with Gasteiger partial charge in [0.1, 0.15) is 6.04 Å². The van der Waals surface area contributed by atoms with Gasteiger partial charge >= 0.3 is 11.9 Å². The third-order valence-electron chi connectivity index (χ3n) is 7.86. The third-order valence-corrected chi connectivity index (χ3v) is 9.05. The van der Waals surface area contributed by atoms with Crippen molar-refractivity contribution in [2.45, 2.75) is 116 Å². The van der Waals surface area contributed by atoms with Crippen LogP contribution < -0.4 is 21.3 Å². The topological polar surface area (TPSA) is 209 Å². The van der Waals surface area contributed by atoms with Gasteiger partial charge in [-0.1, -0.05) is 13.8 Å².